The van der Waals surface area contributed by atoms with E-state index in [9.17, 15) is 18.0 Å². The molecule has 2 saturated heterocycles. The number of H-pyrrole nitrogens is 1. The minimum atomic E-state index is -4.48. The normalized spacial score (nSPS) is 18.0. The zero-order valence-electron chi connectivity index (χ0n) is 22.9. The van der Waals surface area contributed by atoms with Crippen molar-refractivity contribution in [2.24, 2.45) is 5.73 Å². The maximum Gasteiger partial charge on any atom is 0.431 e. The lowest BCUT2D eigenvalue weighted by molar-refractivity contribution is -0.140. The number of nitrogens with one attached hydrogen (secondary N) is 1. The SMILES string of the molecule is CC(C)(C(N)=O)N1CCN(Cc2cc3nc(-c4cccc5[nH]c(C(F)(F)F)cc45)nc(N4CCOCC4)c3s2)CC1. The zero-order valence-corrected chi connectivity index (χ0v) is 23.7. The molecule has 5 heterocycles. The standard InChI is InChI=1S/C28H32F3N7O2S/c1-27(2,26(32)39)38-8-6-36(7-9-38)16-17-14-21-23(41-17)25(37-10-12-40-13-11-37)35-24(34-21)18-4-3-5-20-19(18)15-22(33-20)28(29,30)31/h3-5,14-15,33H,6-13,16H2,1-2H3,(H2,32,39). The number of aromatic nitrogens is 3. The highest BCUT2D eigenvalue weighted by Crippen LogP contribution is 2.38. The molecule has 2 fully saturated rings. The number of fused-ring (bicyclic) bond motifs is 2. The molecule has 0 atom stereocenters. The van der Waals surface area contributed by atoms with Crippen molar-refractivity contribution in [2.75, 3.05) is 57.4 Å². The summed E-state index contributed by atoms with van der Waals surface area (Å²) in [4.78, 5) is 32.0. The van der Waals surface area contributed by atoms with Crippen LogP contribution in [0.2, 0.25) is 0 Å². The van der Waals surface area contributed by atoms with E-state index in [-0.39, 0.29) is 5.91 Å². The van der Waals surface area contributed by atoms with Crippen LogP contribution in [0.5, 0.6) is 0 Å². The Balaban J connectivity index is 1.34. The number of rotatable bonds is 6. The molecule has 41 heavy (non-hydrogen) atoms. The van der Waals surface area contributed by atoms with Gasteiger partial charge in [-0.25, -0.2) is 9.97 Å². The smallest absolute Gasteiger partial charge is 0.378 e. The number of benzene rings is 1. The molecule has 4 aromatic rings. The number of carbonyl (C=O) groups is 1. The Labute approximate surface area is 239 Å². The van der Waals surface area contributed by atoms with Crippen LogP contribution in [-0.2, 0) is 22.3 Å². The second-order valence-corrected chi connectivity index (χ2v) is 12.2. The summed E-state index contributed by atoms with van der Waals surface area (Å²) in [5, 5.41) is 0.430. The van der Waals surface area contributed by atoms with Gasteiger partial charge in [-0.1, -0.05) is 12.1 Å². The fourth-order valence-electron chi connectivity index (χ4n) is 5.50. The summed E-state index contributed by atoms with van der Waals surface area (Å²) >= 11 is 1.65. The van der Waals surface area contributed by atoms with Crippen LogP contribution in [0, 0.1) is 0 Å². The number of thiophene rings is 1. The number of alkyl halides is 3. The maximum absolute atomic E-state index is 13.5. The van der Waals surface area contributed by atoms with Crippen molar-refractivity contribution in [1.29, 1.82) is 0 Å². The Morgan fingerprint density at radius 1 is 1.07 bits per heavy atom. The molecule has 0 saturated carbocycles. The molecule has 3 N–H and O–H groups in total. The number of hydrogen-bond acceptors (Lipinski definition) is 8. The number of anilines is 1. The van der Waals surface area contributed by atoms with Crippen LogP contribution in [-0.4, -0.2) is 88.7 Å². The molecule has 0 bridgehead atoms. The largest absolute Gasteiger partial charge is 0.431 e. The molecule has 1 amide bonds. The van der Waals surface area contributed by atoms with E-state index in [2.05, 4.69) is 25.8 Å². The number of nitrogens with zero attached hydrogens (tertiary/aromatic N) is 5. The third-order valence-corrected chi connectivity index (χ3v) is 9.18. The number of hydrogen-bond donors (Lipinski definition) is 2. The van der Waals surface area contributed by atoms with Gasteiger partial charge in [-0.15, -0.1) is 11.3 Å². The van der Waals surface area contributed by atoms with E-state index in [1.807, 2.05) is 13.8 Å². The van der Waals surface area contributed by atoms with Crippen molar-refractivity contribution in [1.82, 2.24) is 24.8 Å². The molecule has 2 aliphatic heterocycles. The van der Waals surface area contributed by atoms with Crippen LogP contribution in [0.4, 0.5) is 19.0 Å². The maximum atomic E-state index is 13.5. The van der Waals surface area contributed by atoms with Crippen molar-refractivity contribution in [3.63, 3.8) is 0 Å². The number of aromatic amines is 1. The van der Waals surface area contributed by atoms with Gasteiger partial charge < -0.3 is 20.4 Å². The average molecular weight is 588 g/mol. The number of piperazine rings is 1. The zero-order chi connectivity index (χ0) is 28.9. The minimum Gasteiger partial charge on any atom is -0.378 e. The van der Waals surface area contributed by atoms with Gasteiger partial charge in [0.1, 0.15) is 5.69 Å². The lowest BCUT2D eigenvalue weighted by atomic mass is 10.0. The quantitative estimate of drug-likeness (QED) is 0.351. The summed E-state index contributed by atoms with van der Waals surface area (Å²) in [5.74, 6) is 0.843. The number of halogens is 3. The van der Waals surface area contributed by atoms with Crippen LogP contribution in [0.1, 0.15) is 24.4 Å². The van der Waals surface area contributed by atoms with E-state index in [0.717, 1.165) is 59.7 Å². The molecule has 2 aliphatic rings. The van der Waals surface area contributed by atoms with Gasteiger partial charge in [0.05, 0.1) is 29.0 Å². The molecule has 0 spiro atoms. The molecule has 0 aliphatic carbocycles. The van der Waals surface area contributed by atoms with E-state index in [0.29, 0.717) is 48.6 Å². The van der Waals surface area contributed by atoms with Crippen molar-refractivity contribution < 1.29 is 22.7 Å². The van der Waals surface area contributed by atoms with Gasteiger partial charge in [0.2, 0.25) is 5.91 Å². The minimum absolute atomic E-state index is 0.328. The highest BCUT2D eigenvalue weighted by atomic mass is 32.1. The first kappa shape index (κ1) is 27.9. The van der Waals surface area contributed by atoms with Gasteiger partial charge in [0.15, 0.2) is 11.6 Å². The predicted molar refractivity (Wildman–Crippen MR) is 153 cm³/mol. The van der Waals surface area contributed by atoms with Gasteiger partial charge in [-0.3, -0.25) is 14.6 Å². The van der Waals surface area contributed by atoms with E-state index in [1.165, 1.54) is 0 Å². The first-order valence-electron chi connectivity index (χ1n) is 13.6. The number of morpholine rings is 1. The first-order chi connectivity index (χ1) is 19.5. The van der Waals surface area contributed by atoms with Crippen LogP contribution < -0.4 is 10.6 Å². The van der Waals surface area contributed by atoms with Gasteiger partial charge in [0, 0.05) is 67.2 Å². The lowest BCUT2D eigenvalue weighted by Crippen LogP contribution is -2.59. The average Bonchev–Trinajstić information content (AvgIpc) is 3.57. The molecular formula is C28H32F3N7O2S. The number of nitrogens with two attached hydrogens (primary N) is 1. The number of amides is 1. The second kappa shape index (κ2) is 10.5. The van der Waals surface area contributed by atoms with Crippen molar-refractivity contribution >= 4 is 44.2 Å². The molecule has 0 unspecified atom stereocenters. The second-order valence-electron chi connectivity index (χ2n) is 11.0. The topological polar surface area (TPSA) is 104 Å². The molecule has 0 radical (unpaired) electrons. The predicted octanol–water partition coefficient (Wildman–Crippen LogP) is 4.08. The van der Waals surface area contributed by atoms with E-state index < -0.39 is 17.4 Å². The summed E-state index contributed by atoms with van der Waals surface area (Å²) in [6, 6.07) is 8.30. The molecule has 218 valence electrons. The van der Waals surface area contributed by atoms with Crippen LogP contribution in [0.15, 0.2) is 30.3 Å². The monoisotopic (exact) mass is 587 g/mol. The number of carbonyl (C=O) groups excluding carboxylic acids is 1. The molecule has 9 nitrogen and oxygen atoms in total. The number of primary amides is 1. The number of ether oxygens (including phenoxy) is 1. The van der Waals surface area contributed by atoms with Crippen LogP contribution in [0.25, 0.3) is 32.5 Å². The highest BCUT2D eigenvalue weighted by molar-refractivity contribution is 7.19. The Morgan fingerprint density at radius 3 is 2.49 bits per heavy atom. The highest BCUT2D eigenvalue weighted by Gasteiger charge is 2.35. The van der Waals surface area contributed by atoms with Crippen LogP contribution in [0.3, 0.4) is 0 Å². The molecular weight excluding hydrogens is 555 g/mol. The van der Waals surface area contributed by atoms with E-state index >= 15 is 0 Å². The van der Waals surface area contributed by atoms with Gasteiger partial charge in [0.25, 0.3) is 0 Å². The van der Waals surface area contributed by atoms with Crippen molar-refractivity contribution in [2.45, 2.75) is 32.1 Å². The van der Waals surface area contributed by atoms with E-state index in [1.54, 1.807) is 29.5 Å². The molecule has 3 aromatic heterocycles. The van der Waals surface area contributed by atoms with Gasteiger partial charge in [-0.2, -0.15) is 13.2 Å². The van der Waals surface area contributed by atoms with Gasteiger partial charge >= 0.3 is 6.18 Å². The Morgan fingerprint density at radius 2 is 1.80 bits per heavy atom. The summed E-state index contributed by atoms with van der Waals surface area (Å²) in [6.07, 6.45) is -4.48. The Hall–Kier alpha value is -3.26. The fourth-order valence-corrected chi connectivity index (χ4v) is 6.65. The molecule has 13 heteroatoms. The summed E-state index contributed by atoms with van der Waals surface area (Å²) in [6.45, 7) is 10.0. The van der Waals surface area contributed by atoms with Gasteiger partial charge in [-0.05, 0) is 32.0 Å². The summed E-state index contributed by atoms with van der Waals surface area (Å²) in [5.41, 5.74) is 5.83. The Bertz CT molecular complexity index is 1580. The summed E-state index contributed by atoms with van der Waals surface area (Å²) in [7, 11) is 0. The van der Waals surface area contributed by atoms with Crippen molar-refractivity contribution in [3.8, 4) is 11.4 Å². The third kappa shape index (κ3) is 5.39. The summed E-state index contributed by atoms with van der Waals surface area (Å²) < 4.78 is 47.0. The first-order valence-corrected chi connectivity index (χ1v) is 14.4. The fraction of sp³-hybridized carbons (Fsp3) is 0.464. The lowest BCUT2D eigenvalue weighted by Gasteiger charge is -2.42. The van der Waals surface area contributed by atoms with Crippen molar-refractivity contribution in [3.05, 3.63) is 40.9 Å². The third-order valence-electron chi connectivity index (χ3n) is 8.07. The molecule has 1 aromatic carbocycles. The Kier molecular flexibility index (Phi) is 7.17. The van der Waals surface area contributed by atoms with Crippen LogP contribution >= 0.6 is 11.3 Å². The molecule has 6 rings (SSSR count). The van der Waals surface area contributed by atoms with E-state index in [4.69, 9.17) is 20.4 Å².